The van der Waals surface area contributed by atoms with Crippen LogP contribution in [0.3, 0.4) is 0 Å². The highest BCUT2D eigenvalue weighted by atomic mass is 35.5. The van der Waals surface area contributed by atoms with Crippen molar-refractivity contribution in [1.29, 1.82) is 0 Å². The van der Waals surface area contributed by atoms with Crippen molar-refractivity contribution >= 4 is 17.3 Å². The number of nitrogens with zero attached hydrogens (tertiary/aromatic N) is 1. The maximum atomic E-state index is 6.15. The molecule has 0 amide bonds. The molecule has 1 fully saturated rings. The number of benzene rings is 1. The van der Waals surface area contributed by atoms with E-state index in [1.54, 1.807) is 0 Å². The van der Waals surface area contributed by atoms with Gasteiger partial charge in [0.15, 0.2) is 0 Å². The molecule has 1 saturated heterocycles. The van der Waals surface area contributed by atoms with Gasteiger partial charge in [0.2, 0.25) is 0 Å². The third-order valence-corrected chi connectivity index (χ3v) is 3.87. The first-order chi connectivity index (χ1) is 9.10. The zero-order chi connectivity index (χ0) is 13.8. The number of hydrogen-bond acceptors (Lipinski definition) is 3. The maximum absolute atomic E-state index is 6.15. The second-order valence-electron chi connectivity index (χ2n) is 5.27. The van der Waals surface area contributed by atoms with Crippen LogP contribution in [0.5, 0.6) is 0 Å². The highest BCUT2D eigenvalue weighted by Crippen LogP contribution is 2.27. The first-order valence-electron chi connectivity index (χ1n) is 7.00. The van der Waals surface area contributed by atoms with Gasteiger partial charge in [-0.25, -0.2) is 0 Å². The third-order valence-electron chi connectivity index (χ3n) is 3.64. The van der Waals surface area contributed by atoms with Crippen molar-refractivity contribution in [2.45, 2.75) is 38.8 Å². The topological polar surface area (TPSA) is 38.5 Å². The lowest BCUT2D eigenvalue weighted by Gasteiger charge is -2.34. The van der Waals surface area contributed by atoms with Gasteiger partial charge in [-0.15, -0.1) is 0 Å². The van der Waals surface area contributed by atoms with E-state index in [0.29, 0.717) is 0 Å². The highest BCUT2D eigenvalue weighted by Gasteiger charge is 2.20. The maximum Gasteiger partial charge on any atom is 0.0722 e. The molecule has 2 atom stereocenters. The minimum absolute atomic E-state index is 0.207. The molecule has 1 aliphatic heterocycles. The van der Waals surface area contributed by atoms with Crippen LogP contribution >= 0.6 is 11.6 Å². The lowest BCUT2D eigenvalue weighted by atomic mass is 10.0. The van der Waals surface area contributed by atoms with Crippen LogP contribution in [0.2, 0.25) is 5.02 Å². The van der Waals surface area contributed by atoms with Crippen LogP contribution in [-0.2, 0) is 11.2 Å². The summed E-state index contributed by atoms with van der Waals surface area (Å²) in [4.78, 5) is 2.36. The lowest BCUT2D eigenvalue weighted by molar-refractivity contribution is 0.0531. The summed E-state index contributed by atoms with van der Waals surface area (Å²) in [6, 6.07) is 6.32. The quantitative estimate of drug-likeness (QED) is 0.923. The number of nitrogens with two attached hydrogens (primary N) is 1. The predicted octanol–water partition coefficient (Wildman–Crippen LogP) is 2.84. The van der Waals surface area contributed by atoms with Crippen LogP contribution in [0.1, 0.15) is 25.8 Å². The van der Waals surface area contributed by atoms with Gasteiger partial charge in [0.1, 0.15) is 0 Å². The molecule has 1 aromatic rings. The molecule has 1 aliphatic rings. The molecule has 0 aromatic heterocycles. The number of morpholine rings is 1. The second-order valence-corrected chi connectivity index (χ2v) is 5.71. The van der Waals surface area contributed by atoms with E-state index in [-0.39, 0.29) is 12.1 Å². The van der Waals surface area contributed by atoms with Crippen LogP contribution < -0.4 is 10.6 Å². The molecule has 0 bridgehead atoms. The first-order valence-corrected chi connectivity index (χ1v) is 7.38. The van der Waals surface area contributed by atoms with Crippen molar-refractivity contribution in [2.24, 2.45) is 5.73 Å². The van der Waals surface area contributed by atoms with Gasteiger partial charge in [0, 0.05) is 29.8 Å². The van der Waals surface area contributed by atoms with Gasteiger partial charge in [0.25, 0.3) is 0 Å². The van der Waals surface area contributed by atoms with Crippen LogP contribution in [0.15, 0.2) is 18.2 Å². The molecule has 2 N–H and O–H groups in total. The smallest absolute Gasteiger partial charge is 0.0722 e. The van der Waals surface area contributed by atoms with E-state index in [1.165, 1.54) is 11.3 Å². The third kappa shape index (κ3) is 3.85. The summed E-state index contributed by atoms with van der Waals surface area (Å²) in [5, 5.41) is 0.781. The molecule has 0 spiro atoms. The first kappa shape index (κ1) is 14.6. The average molecular weight is 283 g/mol. The molecule has 1 heterocycles. The zero-order valence-corrected chi connectivity index (χ0v) is 12.5. The van der Waals surface area contributed by atoms with Crippen molar-refractivity contribution in [1.82, 2.24) is 0 Å². The monoisotopic (exact) mass is 282 g/mol. The van der Waals surface area contributed by atoms with Crippen molar-refractivity contribution in [3.05, 3.63) is 28.8 Å². The Hall–Kier alpha value is -0.770. The fourth-order valence-electron chi connectivity index (χ4n) is 2.47. The van der Waals surface area contributed by atoms with Gasteiger partial charge in [-0.1, -0.05) is 24.6 Å². The number of anilines is 1. The molecular weight excluding hydrogens is 260 g/mol. The fourth-order valence-corrected chi connectivity index (χ4v) is 2.63. The Morgan fingerprint density at radius 1 is 1.53 bits per heavy atom. The lowest BCUT2D eigenvalue weighted by Crippen LogP contribution is -2.41. The molecule has 0 radical (unpaired) electrons. The summed E-state index contributed by atoms with van der Waals surface area (Å²) in [6.45, 7) is 6.83. The van der Waals surface area contributed by atoms with Gasteiger partial charge in [-0.3, -0.25) is 0 Å². The SMILES string of the molecule is CCC(N)Cc1ccc(Cl)cc1N1CCOC(C)C1. The molecule has 0 aliphatic carbocycles. The van der Waals surface area contributed by atoms with Gasteiger partial charge < -0.3 is 15.4 Å². The van der Waals surface area contributed by atoms with Gasteiger partial charge in [-0.2, -0.15) is 0 Å². The number of ether oxygens (including phenoxy) is 1. The number of hydrogen-bond donors (Lipinski definition) is 1. The molecule has 0 saturated carbocycles. The molecule has 4 heteroatoms. The van der Waals surface area contributed by atoms with E-state index >= 15 is 0 Å². The van der Waals surface area contributed by atoms with E-state index in [4.69, 9.17) is 22.1 Å². The largest absolute Gasteiger partial charge is 0.375 e. The van der Waals surface area contributed by atoms with Crippen LogP contribution in [-0.4, -0.2) is 31.8 Å². The molecule has 106 valence electrons. The number of rotatable bonds is 4. The molecular formula is C15H23ClN2O. The zero-order valence-electron chi connectivity index (χ0n) is 11.7. The molecule has 2 rings (SSSR count). The van der Waals surface area contributed by atoms with Crippen LogP contribution in [0, 0.1) is 0 Å². The summed E-state index contributed by atoms with van der Waals surface area (Å²) in [7, 11) is 0. The van der Waals surface area contributed by atoms with E-state index < -0.39 is 0 Å². The Bertz CT molecular complexity index is 425. The minimum atomic E-state index is 0.207. The van der Waals surface area contributed by atoms with Gasteiger partial charge in [-0.05, 0) is 37.5 Å². The van der Waals surface area contributed by atoms with E-state index in [9.17, 15) is 0 Å². The van der Waals surface area contributed by atoms with Crippen molar-refractivity contribution in [3.63, 3.8) is 0 Å². The summed E-state index contributed by atoms with van der Waals surface area (Å²) in [5.41, 5.74) is 8.59. The van der Waals surface area contributed by atoms with Gasteiger partial charge in [0.05, 0.1) is 12.7 Å². The Balaban J connectivity index is 2.23. The summed E-state index contributed by atoms with van der Waals surface area (Å²) < 4.78 is 5.60. The number of halogens is 1. The van der Waals surface area contributed by atoms with E-state index in [1.807, 2.05) is 6.07 Å². The van der Waals surface area contributed by atoms with Crippen molar-refractivity contribution in [3.8, 4) is 0 Å². The fraction of sp³-hybridized carbons (Fsp3) is 0.600. The molecule has 2 unspecified atom stereocenters. The van der Waals surface area contributed by atoms with E-state index in [0.717, 1.165) is 37.6 Å². The standard InChI is InChI=1S/C15H23ClN2O/c1-3-14(17)8-12-4-5-13(16)9-15(12)18-6-7-19-11(2)10-18/h4-5,9,11,14H,3,6-8,10,17H2,1-2H3. The molecule has 3 nitrogen and oxygen atoms in total. The summed E-state index contributed by atoms with van der Waals surface area (Å²) in [5.74, 6) is 0. The van der Waals surface area contributed by atoms with Crippen LogP contribution in [0.4, 0.5) is 5.69 Å². The average Bonchev–Trinajstić information content (AvgIpc) is 2.40. The van der Waals surface area contributed by atoms with Gasteiger partial charge >= 0.3 is 0 Å². The molecule has 1 aromatic carbocycles. The second kappa shape index (κ2) is 6.60. The Kier molecular flexibility index (Phi) is 5.08. The van der Waals surface area contributed by atoms with E-state index in [2.05, 4.69) is 30.9 Å². The van der Waals surface area contributed by atoms with Crippen LogP contribution in [0.25, 0.3) is 0 Å². The Morgan fingerprint density at radius 2 is 2.32 bits per heavy atom. The highest BCUT2D eigenvalue weighted by molar-refractivity contribution is 6.30. The van der Waals surface area contributed by atoms with Crippen molar-refractivity contribution in [2.75, 3.05) is 24.6 Å². The Labute approximate surface area is 120 Å². The Morgan fingerprint density at radius 3 is 3.00 bits per heavy atom. The van der Waals surface area contributed by atoms with Crippen molar-refractivity contribution < 1.29 is 4.74 Å². The molecule has 19 heavy (non-hydrogen) atoms. The summed E-state index contributed by atoms with van der Waals surface area (Å²) >= 11 is 6.15. The minimum Gasteiger partial charge on any atom is -0.375 e. The summed E-state index contributed by atoms with van der Waals surface area (Å²) in [6.07, 6.45) is 2.15. The normalized spacial score (nSPS) is 21.5. The predicted molar refractivity (Wildman–Crippen MR) is 81.0 cm³/mol.